The number of halogens is 1. The largest absolute Gasteiger partial charge is 0.305 e. The van der Waals surface area contributed by atoms with Gasteiger partial charge >= 0.3 is 0 Å². The van der Waals surface area contributed by atoms with Crippen molar-refractivity contribution in [3.8, 4) is 0 Å². The van der Waals surface area contributed by atoms with Gasteiger partial charge in [0.2, 0.25) is 0 Å². The van der Waals surface area contributed by atoms with Crippen molar-refractivity contribution >= 4 is 17.4 Å². The molecule has 2 aromatic carbocycles. The van der Waals surface area contributed by atoms with E-state index in [9.17, 15) is 4.79 Å². The monoisotopic (exact) mass is 299 g/mol. The van der Waals surface area contributed by atoms with E-state index in [-0.39, 0.29) is 17.6 Å². The zero-order valence-corrected chi connectivity index (χ0v) is 12.8. The van der Waals surface area contributed by atoms with Crippen molar-refractivity contribution in [1.29, 1.82) is 0 Å². The number of carbonyl (C=O) groups excluding carboxylic acids is 1. The Balaban J connectivity index is 1.88. The summed E-state index contributed by atoms with van der Waals surface area (Å²) in [7, 11) is 2.07. The molecule has 1 saturated heterocycles. The Morgan fingerprint density at radius 3 is 2.38 bits per heavy atom. The van der Waals surface area contributed by atoms with Gasteiger partial charge in [0.05, 0.1) is 0 Å². The molecule has 1 aliphatic rings. The normalized spacial score (nSPS) is 22.4. The zero-order valence-electron chi connectivity index (χ0n) is 12.0. The number of rotatable bonds is 3. The molecule has 0 amide bonds. The minimum atomic E-state index is 0.0126. The third-order valence-electron chi connectivity index (χ3n) is 4.20. The van der Waals surface area contributed by atoms with Gasteiger partial charge in [0.15, 0.2) is 5.78 Å². The first-order chi connectivity index (χ1) is 10.1. The van der Waals surface area contributed by atoms with Crippen LogP contribution in [-0.4, -0.2) is 30.8 Å². The van der Waals surface area contributed by atoms with Crippen LogP contribution < -0.4 is 0 Å². The van der Waals surface area contributed by atoms with Gasteiger partial charge in [0, 0.05) is 35.5 Å². The minimum absolute atomic E-state index is 0.0126. The summed E-state index contributed by atoms with van der Waals surface area (Å²) in [6.07, 6.45) is 0. The lowest BCUT2D eigenvalue weighted by atomic mass is 9.84. The summed E-state index contributed by atoms with van der Waals surface area (Å²) in [5.74, 6) is 0.489. The summed E-state index contributed by atoms with van der Waals surface area (Å²) in [6, 6.07) is 17.5. The zero-order chi connectivity index (χ0) is 14.8. The van der Waals surface area contributed by atoms with Crippen LogP contribution in [0.15, 0.2) is 54.6 Å². The number of hydrogen-bond donors (Lipinski definition) is 0. The Morgan fingerprint density at radius 1 is 1.05 bits per heavy atom. The fourth-order valence-electron chi connectivity index (χ4n) is 3.13. The molecular formula is C18H18ClNO. The van der Waals surface area contributed by atoms with Crippen molar-refractivity contribution in [2.45, 2.75) is 5.92 Å². The molecule has 2 atom stereocenters. The van der Waals surface area contributed by atoms with Crippen molar-refractivity contribution < 1.29 is 4.79 Å². The number of hydrogen-bond acceptors (Lipinski definition) is 2. The molecule has 108 valence electrons. The first-order valence-electron chi connectivity index (χ1n) is 7.18. The summed E-state index contributed by atoms with van der Waals surface area (Å²) in [5, 5.41) is 0.662. The van der Waals surface area contributed by atoms with Crippen LogP contribution in [0.4, 0.5) is 0 Å². The highest BCUT2D eigenvalue weighted by Crippen LogP contribution is 2.34. The molecule has 0 bridgehead atoms. The number of ketones is 1. The van der Waals surface area contributed by atoms with Crippen LogP contribution in [-0.2, 0) is 0 Å². The summed E-state index contributed by atoms with van der Waals surface area (Å²) in [6.45, 7) is 1.73. The van der Waals surface area contributed by atoms with Crippen molar-refractivity contribution in [1.82, 2.24) is 4.90 Å². The molecule has 0 saturated carbocycles. The van der Waals surface area contributed by atoms with E-state index in [4.69, 9.17) is 11.6 Å². The number of Topliss-reactive ketones (excluding diaryl/α,β-unsaturated/α-hetero) is 1. The van der Waals surface area contributed by atoms with E-state index in [1.54, 1.807) is 12.1 Å². The van der Waals surface area contributed by atoms with E-state index in [2.05, 4.69) is 24.1 Å². The van der Waals surface area contributed by atoms with Crippen LogP contribution in [0.3, 0.4) is 0 Å². The highest BCUT2D eigenvalue weighted by molar-refractivity contribution is 6.30. The number of carbonyl (C=O) groups is 1. The fourth-order valence-corrected chi connectivity index (χ4v) is 3.26. The van der Waals surface area contributed by atoms with E-state index < -0.39 is 0 Å². The van der Waals surface area contributed by atoms with E-state index in [1.165, 1.54) is 5.56 Å². The van der Waals surface area contributed by atoms with Crippen molar-refractivity contribution in [2.75, 3.05) is 20.1 Å². The molecule has 0 unspecified atom stereocenters. The Morgan fingerprint density at radius 2 is 1.71 bits per heavy atom. The molecule has 1 fully saturated rings. The van der Waals surface area contributed by atoms with Gasteiger partial charge in [0.1, 0.15) is 0 Å². The molecule has 21 heavy (non-hydrogen) atoms. The molecule has 2 nitrogen and oxygen atoms in total. The van der Waals surface area contributed by atoms with E-state index in [0.29, 0.717) is 5.02 Å². The van der Waals surface area contributed by atoms with Crippen molar-refractivity contribution in [3.63, 3.8) is 0 Å². The Bertz CT molecular complexity index is 623. The van der Waals surface area contributed by atoms with E-state index >= 15 is 0 Å². The topological polar surface area (TPSA) is 20.3 Å². The van der Waals surface area contributed by atoms with Crippen LogP contribution in [0.2, 0.25) is 5.02 Å². The van der Waals surface area contributed by atoms with Crippen molar-refractivity contribution in [3.05, 3.63) is 70.7 Å². The van der Waals surface area contributed by atoms with Gasteiger partial charge in [-0.15, -0.1) is 0 Å². The molecule has 1 aliphatic heterocycles. The fraction of sp³-hybridized carbons (Fsp3) is 0.278. The summed E-state index contributed by atoms with van der Waals surface area (Å²) >= 11 is 5.90. The smallest absolute Gasteiger partial charge is 0.167 e. The molecule has 2 aromatic rings. The standard InChI is InChI=1S/C18H18ClNO/c1-20-11-16(13-5-3-2-4-6-13)17(12-20)18(21)14-7-9-15(19)10-8-14/h2-10,16-17H,11-12H2,1H3/t16-,17+/m1/s1. The maximum Gasteiger partial charge on any atom is 0.167 e. The maximum absolute atomic E-state index is 12.8. The highest BCUT2D eigenvalue weighted by Gasteiger charge is 2.37. The Kier molecular flexibility index (Phi) is 4.09. The van der Waals surface area contributed by atoms with Gasteiger partial charge in [-0.1, -0.05) is 41.9 Å². The minimum Gasteiger partial charge on any atom is -0.305 e. The second-order valence-corrected chi connectivity index (χ2v) is 6.15. The third kappa shape index (κ3) is 3.02. The average Bonchev–Trinajstić information content (AvgIpc) is 2.90. The van der Waals surface area contributed by atoms with Gasteiger partial charge in [-0.3, -0.25) is 4.79 Å². The van der Waals surface area contributed by atoms with Crippen molar-refractivity contribution in [2.24, 2.45) is 5.92 Å². The van der Waals surface area contributed by atoms with Crippen LogP contribution >= 0.6 is 11.6 Å². The number of nitrogens with zero attached hydrogens (tertiary/aromatic N) is 1. The van der Waals surface area contributed by atoms with Gasteiger partial charge in [-0.2, -0.15) is 0 Å². The SMILES string of the molecule is CN1C[C@H](C(=O)c2ccc(Cl)cc2)[C@@H](c2ccccc2)C1. The number of likely N-dealkylation sites (N-methyl/N-ethyl adjacent to an activating group) is 1. The van der Waals surface area contributed by atoms with E-state index in [0.717, 1.165) is 18.7 Å². The lowest BCUT2D eigenvalue weighted by Gasteiger charge is -2.18. The molecule has 0 aliphatic carbocycles. The Hall–Kier alpha value is -1.64. The van der Waals surface area contributed by atoms with Gasteiger partial charge in [-0.05, 0) is 36.9 Å². The van der Waals surface area contributed by atoms with E-state index in [1.807, 2.05) is 30.3 Å². The van der Waals surface area contributed by atoms with Gasteiger partial charge in [0.25, 0.3) is 0 Å². The molecule has 3 rings (SSSR count). The number of benzene rings is 2. The quantitative estimate of drug-likeness (QED) is 0.802. The van der Waals surface area contributed by atoms with Gasteiger partial charge < -0.3 is 4.90 Å². The van der Waals surface area contributed by atoms with Crippen LogP contribution in [0.25, 0.3) is 0 Å². The molecule has 0 spiro atoms. The van der Waals surface area contributed by atoms with Crippen LogP contribution in [0.5, 0.6) is 0 Å². The molecule has 0 N–H and O–H groups in total. The molecule has 1 heterocycles. The second-order valence-electron chi connectivity index (χ2n) is 5.72. The molecule has 3 heteroatoms. The first-order valence-corrected chi connectivity index (χ1v) is 7.56. The Labute approximate surface area is 130 Å². The third-order valence-corrected chi connectivity index (χ3v) is 4.45. The predicted octanol–water partition coefficient (Wildman–Crippen LogP) is 3.87. The first kappa shape index (κ1) is 14.3. The summed E-state index contributed by atoms with van der Waals surface area (Å²) in [4.78, 5) is 15.1. The summed E-state index contributed by atoms with van der Waals surface area (Å²) < 4.78 is 0. The van der Waals surface area contributed by atoms with Crippen LogP contribution in [0, 0.1) is 5.92 Å². The molecule has 0 radical (unpaired) electrons. The van der Waals surface area contributed by atoms with Crippen LogP contribution in [0.1, 0.15) is 21.8 Å². The maximum atomic E-state index is 12.8. The number of likely N-dealkylation sites (tertiary alicyclic amines) is 1. The molecular weight excluding hydrogens is 282 g/mol. The highest BCUT2D eigenvalue weighted by atomic mass is 35.5. The lowest BCUT2D eigenvalue weighted by molar-refractivity contribution is 0.0916. The van der Waals surface area contributed by atoms with Gasteiger partial charge in [-0.25, -0.2) is 0 Å². The second kappa shape index (κ2) is 6.00. The summed E-state index contributed by atoms with van der Waals surface area (Å²) in [5.41, 5.74) is 2.00. The average molecular weight is 300 g/mol. The predicted molar refractivity (Wildman–Crippen MR) is 86.0 cm³/mol. The lowest BCUT2D eigenvalue weighted by Crippen LogP contribution is -2.22. The molecule has 0 aromatic heterocycles.